The van der Waals surface area contributed by atoms with Crippen molar-refractivity contribution in [2.75, 3.05) is 11.9 Å². The summed E-state index contributed by atoms with van der Waals surface area (Å²) in [6, 6.07) is 5.29. The summed E-state index contributed by atoms with van der Waals surface area (Å²) < 4.78 is 0. The highest BCUT2D eigenvalue weighted by molar-refractivity contribution is 5.96. The fraction of sp³-hybridized carbons (Fsp3) is 0.529. The van der Waals surface area contributed by atoms with Gasteiger partial charge in [-0.3, -0.25) is 9.59 Å². The molecule has 0 saturated carbocycles. The second kappa shape index (κ2) is 8.54. The minimum Gasteiger partial charge on any atom is -0.352 e. The minimum atomic E-state index is -0.0911. The van der Waals surface area contributed by atoms with Crippen LogP contribution in [0.5, 0.6) is 0 Å². The summed E-state index contributed by atoms with van der Waals surface area (Å²) in [5.41, 5.74) is 7.84. The van der Waals surface area contributed by atoms with Crippen molar-refractivity contribution >= 4 is 17.5 Å². The SMILES string of the molecule is Cc1cc(C(=O)NCC(C)C)ccc1NC(=O)CCC(C)N. The molecule has 0 fully saturated rings. The van der Waals surface area contributed by atoms with Crippen LogP contribution in [0.3, 0.4) is 0 Å². The number of amides is 2. The van der Waals surface area contributed by atoms with E-state index in [9.17, 15) is 9.59 Å². The Hall–Kier alpha value is -1.88. The molecular weight excluding hydrogens is 278 g/mol. The number of hydrogen-bond donors (Lipinski definition) is 3. The molecule has 1 atom stereocenters. The molecule has 122 valence electrons. The Morgan fingerprint density at radius 1 is 1.23 bits per heavy atom. The van der Waals surface area contributed by atoms with Gasteiger partial charge in [0.2, 0.25) is 5.91 Å². The van der Waals surface area contributed by atoms with Crippen molar-refractivity contribution in [1.82, 2.24) is 5.32 Å². The van der Waals surface area contributed by atoms with Gasteiger partial charge in [-0.05, 0) is 49.9 Å². The maximum Gasteiger partial charge on any atom is 0.251 e. The first kappa shape index (κ1) is 18.2. The van der Waals surface area contributed by atoms with Gasteiger partial charge in [0, 0.05) is 30.3 Å². The van der Waals surface area contributed by atoms with Crippen molar-refractivity contribution < 1.29 is 9.59 Å². The number of aryl methyl sites for hydroxylation is 1. The van der Waals surface area contributed by atoms with E-state index >= 15 is 0 Å². The number of hydrogen-bond acceptors (Lipinski definition) is 3. The molecule has 1 rings (SSSR count). The first-order valence-corrected chi connectivity index (χ1v) is 7.74. The van der Waals surface area contributed by atoms with E-state index in [4.69, 9.17) is 5.73 Å². The summed E-state index contributed by atoms with van der Waals surface area (Å²) in [4.78, 5) is 23.8. The van der Waals surface area contributed by atoms with E-state index < -0.39 is 0 Å². The number of nitrogens with one attached hydrogen (secondary N) is 2. The molecule has 0 aliphatic heterocycles. The number of nitrogens with two attached hydrogens (primary N) is 1. The topological polar surface area (TPSA) is 84.2 Å². The van der Waals surface area contributed by atoms with Crippen LogP contribution in [0.15, 0.2) is 18.2 Å². The average Bonchev–Trinajstić information content (AvgIpc) is 2.44. The third kappa shape index (κ3) is 6.26. The van der Waals surface area contributed by atoms with E-state index in [1.807, 2.05) is 27.7 Å². The van der Waals surface area contributed by atoms with Crippen molar-refractivity contribution in [3.8, 4) is 0 Å². The zero-order valence-corrected chi connectivity index (χ0v) is 13.9. The van der Waals surface area contributed by atoms with Crippen molar-refractivity contribution in [3.63, 3.8) is 0 Å². The van der Waals surface area contributed by atoms with E-state index in [0.717, 1.165) is 11.3 Å². The van der Waals surface area contributed by atoms with Crippen LogP contribution in [0.25, 0.3) is 0 Å². The van der Waals surface area contributed by atoms with Crippen molar-refractivity contribution in [3.05, 3.63) is 29.3 Å². The molecular formula is C17H27N3O2. The van der Waals surface area contributed by atoms with Gasteiger partial charge in [-0.25, -0.2) is 0 Å². The first-order valence-electron chi connectivity index (χ1n) is 7.74. The summed E-state index contributed by atoms with van der Waals surface area (Å²) >= 11 is 0. The zero-order valence-electron chi connectivity index (χ0n) is 13.9. The summed E-state index contributed by atoms with van der Waals surface area (Å²) in [5.74, 6) is 0.262. The van der Waals surface area contributed by atoms with Gasteiger partial charge in [0.1, 0.15) is 0 Å². The predicted octanol–water partition coefficient (Wildman–Crippen LogP) is 2.45. The van der Waals surface area contributed by atoms with Gasteiger partial charge < -0.3 is 16.4 Å². The second-order valence-corrected chi connectivity index (χ2v) is 6.20. The average molecular weight is 305 g/mol. The van der Waals surface area contributed by atoms with E-state index in [1.54, 1.807) is 18.2 Å². The monoisotopic (exact) mass is 305 g/mol. The molecule has 0 radical (unpaired) electrons. The van der Waals surface area contributed by atoms with E-state index in [0.29, 0.717) is 30.9 Å². The van der Waals surface area contributed by atoms with Gasteiger partial charge in [0.15, 0.2) is 0 Å². The molecule has 0 aliphatic carbocycles. The zero-order chi connectivity index (χ0) is 16.7. The van der Waals surface area contributed by atoms with Crippen LogP contribution in [0, 0.1) is 12.8 Å². The molecule has 0 heterocycles. The van der Waals surface area contributed by atoms with Gasteiger partial charge in [-0.15, -0.1) is 0 Å². The van der Waals surface area contributed by atoms with Crippen LogP contribution in [0.1, 0.15) is 49.5 Å². The number of carbonyl (C=O) groups is 2. The number of anilines is 1. The van der Waals surface area contributed by atoms with Crippen LogP contribution >= 0.6 is 0 Å². The van der Waals surface area contributed by atoms with Crippen molar-refractivity contribution in [1.29, 1.82) is 0 Å². The predicted molar refractivity (Wildman–Crippen MR) is 89.9 cm³/mol. The third-order valence-corrected chi connectivity index (χ3v) is 3.26. The summed E-state index contributed by atoms with van der Waals surface area (Å²) in [5, 5.41) is 5.73. The van der Waals surface area contributed by atoms with Crippen LogP contribution in [0.4, 0.5) is 5.69 Å². The van der Waals surface area contributed by atoms with Gasteiger partial charge >= 0.3 is 0 Å². The maximum absolute atomic E-state index is 12.0. The van der Waals surface area contributed by atoms with E-state index in [1.165, 1.54) is 0 Å². The van der Waals surface area contributed by atoms with Crippen LogP contribution in [0.2, 0.25) is 0 Å². The fourth-order valence-electron chi connectivity index (χ4n) is 1.92. The molecule has 0 bridgehead atoms. The maximum atomic E-state index is 12.0. The number of carbonyl (C=O) groups excluding carboxylic acids is 2. The molecule has 0 spiro atoms. The summed E-state index contributed by atoms with van der Waals surface area (Å²) in [6.45, 7) is 8.50. The standard InChI is InChI=1S/C17H27N3O2/c1-11(2)10-19-17(22)14-6-7-15(12(3)9-14)20-16(21)8-5-13(4)18/h6-7,9,11,13H,5,8,10,18H2,1-4H3,(H,19,22)(H,20,21). The quantitative estimate of drug-likeness (QED) is 0.723. The highest BCUT2D eigenvalue weighted by Gasteiger charge is 2.10. The van der Waals surface area contributed by atoms with Crippen molar-refractivity contribution in [2.45, 2.75) is 46.6 Å². The second-order valence-electron chi connectivity index (χ2n) is 6.20. The Morgan fingerprint density at radius 3 is 2.45 bits per heavy atom. The molecule has 1 aromatic rings. The lowest BCUT2D eigenvalue weighted by atomic mass is 10.1. The van der Waals surface area contributed by atoms with Crippen LogP contribution in [-0.2, 0) is 4.79 Å². The molecule has 22 heavy (non-hydrogen) atoms. The van der Waals surface area contributed by atoms with E-state index in [-0.39, 0.29) is 17.9 Å². The summed E-state index contributed by atoms with van der Waals surface area (Å²) in [6.07, 6.45) is 1.05. The van der Waals surface area contributed by atoms with Gasteiger partial charge in [0.25, 0.3) is 5.91 Å². The Morgan fingerprint density at radius 2 is 1.91 bits per heavy atom. The van der Waals surface area contributed by atoms with Gasteiger partial charge in [-0.2, -0.15) is 0 Å². The lowest BCUT2D eigenvalue weighted by molar-refractivity contribution is -0.116. The third-order valence-electron chi connectivity index (χ3n) is 3.26. The number of rotatable bonds is 7. The summed E-state index contributed by atoms with van der Waals surface area (Å²) in [7, 11) is 0. The molecule has 1 aromatic carbocycles. The normalized spacial score (nSPS) is 12.1. The fourth-order valence-corrected chi connectivity index (χ4v) is 1.92. The molecule has 5 heteroatoms. The largest absolute Gasteiger partial charge is 0.352 e. The van der Waals surface area contributed by atoms with Gasteiger partial charge in [0.05, 0.1) is 0 Å². The van der Waals surface area contributed by atoms with Gasteiger partial charge in [-0.1, -0.05) is 13.8 Å². The Bertz CT molecular complexity index is 525. The first-order chi connectivity index (χ1) is 10.3. The Kier molecular flexibility index (Phi) is 7.05. The molecule has 0 saturated heterocycles. The minimum absolute atomic E-state index is 0.0128. The molecule has 4 N–H and O–H groups in total. The molecule has 1 unspecified atom stereocenters. The highest BCUT2D eigenvalue weighted by atomic mass is 16.2. The van der Waals surface area contributed by atoms with Crippen LogP contribution in [-0.4, -0.2) is 24.4 Å². The Balaban J connectivity index is 2.65. The lowest BCUT2D eigenvalue weighted by Gasteiger charge is -2.12. The smallest absolute Gasteiger partial charge is 0.251 e. The number of benzene rings is 1. The molecule has 0 aliphatic rings. The highest BCUT2D eigenvalue weighted by Crippen LogP contribution is 2.17. The molecule has 5 nitrogen and oxygen atoms in total. The molecule has 0 aromatic heterocycles. The van der Waals surface area contributed by atoms with Crippen molar-refractivity contribution in [2.24, 2.45) is 11.7 Å². The Labute approximate surface area is 132 Å². The van der Waals surface area contributed by atoms with Crippen LogP contribution < -0.4 is 16.4 Å². The van der Waals surface area contributed by atoms with E-state index in [2.05, 4.69) is 10.6 Å². The molecule has 2 amide bonds. The lowest BCUT2D eigenvalue weighted by Crippen LogP contribution is -2.27.